The van der Waals surface area contributed by atoms with Crippen molar-refractivity contribution in [2.75, 3.05) is 19.6 Å². The Bertz CT molecular complexity index is 557. The minimum absolute atomic E-state index is 0.162. The molecule has 0 atom stereocenters. The van der Waals surface area contributed by atoms with Crippen LogP contribution in [0.2, 0.25) is 0 Å². The maximum absolute atomic E-state index is 12.4. The summed E-state index contributed by atoms with van der Waals surface area (Å²) in [7, 11) is -1.62. The third-order valence-electron chi connectivity index (χ3n) is 4.13. The maximum atomic E-state index is 12.4. The van der Waals surface area contributed by atoms with Crippen LogP contribution in [0.25, 0.3) is 0 Å². The van der Waals surface area contributed by atoms with E-state index >= 15 is 0 Å². The summed E-state index contributed by atoms with van der Waals surface area (Å²) < 4.78 is 28.1. The Hall–Kier alpha value is -0.920. The van der Waals surface area contributed by atoms with E-state index in [-0.39, 0.29) is 5.03 Å². The average Bonchev–Trinajstić information content (AvgIpc) is 3.17. The molecule has 7 heteroatoms. The lowest BCUT2D eigenvalue weighted by atomic mass is 9.98. The van der Waals surface area contributed by atoms with Crippen molar-refractivity contribution < 1.29 is 8.42 Å². The molecule has 3 rings (SSSR count). The van der Waals surface area contributed by atoms with Gasteiger partial charge >= 0.3 is 0 Å². The summed E-state index contributed by atoms with van der Waals surface area (Å²) in [4.78, 5) is 3.97. The first kappa shape index (κ1) is 14.0. The molecule has 6 nitrogen and oxygen atoms in total. The second-order valence-electron chi connectivity index (χ2n) is 5.91. The Kier molecular flexibility index (Phi) is 3.83. The van der Waals surface area contributed by atoms with E-state index in [9.17, 15) is 8.42 Å². The van der Waals surface area contributed by atoms with E-state index in [1.807, 2.05) is 0 Å². The quantitative estimate of drug-likeness (QED) is 0.863. The molecule has 2 heterocycles. The summed E-state index contributed by atoms with van der Waals surface area (Å²) in [5, 5.41) is 3.69. The fourth-order valence-electron chi connectivity index (χ4n) is 2.63. The molecule has 1 aliphatic carbocycles. The predicted molar refractivity (Wildman–Crippen MR) is 75.7 cm³/mol. The van der Waals surface area contributed by atoms with Gasteiger partial charge in [0, 0.05) is 32.4 Å². The lowest BCUT2D eigenvalue weighted by Crippen LogP contribution is -2.41. The fraction of sp³-hybridized carbons (Fsp3) is 0.769. The highest BCUT2D eigenvalue weighted by atomic mass is 32.2. The van der Waals surface area contributed by atoms with Crippen LogP contribution in [0.3, 0.4) is 0 Å². The summed E-state index contributed by atoms with van der Waals surface area (Å²) >= 11 is 0. The minimum Gasteiger partial charge on any atom is -0.339 e. The summed E-state index contributed by atoms with van der Waals surface area (Å²) in [6, 6.07) is 0.727. The fourth-order valence-corrected chi connectivity index (χ4v) is 4.06. The SMILES string of the molecule is Cn1cnc(S(=O)(=O)N2CCC(CNC3CC3)CC2)c1. The number of aryl methyl sites for hydroxylation is 1. The van der Waals surface area contributed by atoms with Crippen LogP contribution in [0.15, 0.2) is 17.6 Å². The highest BCUT2D eigenvalue weighted by Gasteiger charge is 2.31. The summed E-state index contributed by atoms with van der Waals surface area (Å²) in [6.07, 6.45) is 7.56. The zero-order valence-corrected chi connectivity index (χ0v) is 12.6. The van der Waals surface area contributed by atoms with Crippen LogP contribution in [0, 0.1) is 5.92 Å². The normalized spacial score (nSPS) is 22.2. The molecule has 1 aliphatic heterocycles. The molecule has 1 aromatic heterocycles. The van der Waals surface area contributed by atoms with Crippen molar-refractivity contribution in [3.8, 4) is 0 Å². The van der Waals surface area contributed by atoms with E-state index in [1.165, 1.54) is 19.2 Å². The molecule has 0 radical (unpaired) electrons. The number of hydrogen-bond acceptors (Lipinski definition) is 4. The summed E-state index contributed by atoms with van der Waals surface area (Å²) in [5.41, 5.74) is 0. The van der Waals surface area contributed by atoms with Crippen LogP contribution in [-0.4, -0.2) is 48.0 Å². The van der Waals surface area contributed by atoms with Gasteiger partial charge in [-0.2, -0.15) is 4.31 Å². The lowest BCUT2D eigenvalue weighted by Gasteiger charge is -2.30. The highest BCUT2D eigenvalue weighted by molar-refractivity contribution is 7.89. The van der Waals surface area contributed by atoms with Crippen molar-refractivity contribution in [2.24, 2.45) is 13.0 Å². The third-order valence-corrected chi connectivity index (χ3v) is 5.92. The zero-order valence-electron chi connectivity index (χ0n) is 11.8. The monoisotopic (exact) mass is 298 g/mol. The van der Waals surface area contributed by atoms with E-state index in [2.05, 4.69) is 10.3 Å². The first-order valence-electron chi connectivity index (χ1n) is 7.27. The van der Waals surface area contributed by atoms with Crippen molar-refractivity contribution >= 4 is 10.0 Å². The van der Waals surface area contributed by atoms with E-state index < -0.39 is 10.0 Å². The first-order chi connectivity index (χ1) is 9.55. The molecular formula is C13H22N4O2S. The van der Waals surface area contributed by atoms with Gasteiger partial charge in [-0.25, -0.2) is 13.4 Å². The molecule has 1 saturated heterocycles. The number of nitrogens with zero attached hydrogens (tertiary/aromatic N) is 3. The molecule has 0 unspecified atom stereocenters. The average molecular weight is 298 g/mol. The topological polar surface area (TPSA) is 67.2 Å². The maximum Gasteiger partial charge on any atom is 0.262 e. The van der Waals surface area contributed by atoms with Gasteiger partial charge < -0.3 is 9.88 Å². The van der Waals surface area contributed by atoms with Gasteiger partial charge in [-0.05, 0) is 38.1 Å². The zero-order chi connectivity index (χ0) is 14.2. The predicted octanol–water partition coefficient (Wildman–Crippen LogP) is 0.573. The first-order valence-corrected chi connectivity index (χ1v) is 8.71. The van der Waals surface area contributed by atoms with Crippen LogP contribution in [0.1, 0.15) is 25.7 Å². The van der Waals surface area contributed by atoms with E-state index in [1.54, 1.807) is 22.1 Å². The molecule has 112 valence electrons. The number of sulfonamides is 1. The smallest absolute Gasteiger partial charge is 0.262 e. The van der Waals surface area contributed by atoms with Crippen molar-refractivity contribution in [3.63, 3.8) is 0 Å². The van der Waals surface area contributed by atoms with Gasteiger partial charge in [0.05, 0.1) is 6.33 Å². The second-order valence-corrected chi connectivity index (χ2v) is 7.79. The molecule has 0 bridgehead atoms. The van der Waals surface area contributed by atoms with Gasteiger partial charge in [0.15, 0.2) is 5.03 Å². The highest BCUT2D eigenvalue weighted by Crippen LogP contribution is 2.24. The Morgan fingerprint density at radius 2 is 2.00 bits per heavy atom. The van der Waals surface area contributed by atoms with Crippen LogP contribution >= 0.6 is 0 Å². The van der Waals surface area contributed by atoms with E-state index in [0.29, 0.717) is 19.0 Å². The minimum atomic E-state index is -3.40. The van der Waals surface area contributed by atoms with Gasteiger partial charge in [-0.1, -0.05) is 0 Å². The number of imidazole rings is 1. The Morgan fingerprint density at radius 1 is 1.30 bits per heavy atom. The van der Waals surface area contributed by atoms with E-state index in [4.69, 9.17) is 0 Å². The van der Waals surface area contributed by atoms with E-state index in [0.717, 1.165) is 25.4 Å². The van der Waals surface area contributed by atoms with Crippen molar-refractivity contribution in [2.45, 2.75) is 36.8 Å². The van der Waals surface area contributed by atoms with Crippen molar-refractivity contribution in [3.05, 3.63) is 12.5 Å². The Balaban J connectivity index is 1.56. The number of hydrogen-bond donors (Lipinski definition) is 1. The van der Waals surface area contributed by atoms with Crippen LogP contribution in [0.5, 0.6) is 0 Å². The molecular weight excluding hydrogens is 276 g/mol. The third kappa shape index (κ3) is 3.05. The van der Waals surface area contributed by atoms with Gasteiger partial charge in [-0.3, -0.25) is 0 Å². The molecule has 0 spiro atoms. The van der Waals surface area contributed by atoms with Gasteiger partial charge in [-0.15, -0.1) is 0 Å². The molecule has 2 aliphatic rings. The molecule has 0 aromatic carbocycles. The van der Waals surface area contributed by atoms with Crippen LogP contribution in [-0.2, 0) is 17.1 Å². The van der Waals surface area contributed by atoms with Crippen molar-refractivity contribution in [1.82, 2.24) is 19.2 Å². The van der Waals surface area contributed by atoms with Crippen LogP contribution in [0.4, 0.5) is 0 Å². The number of piperidine rings is 1. The Labute approximate surface area is 120 Å². The lowest BCUT2D eigenvalue weighted by molar-refractivity contribution is 0.266. The standard InChI is InChI=1S/C13H22N4O2S/c1-16-9-13(15-10-16)20(18,19)17-6-4-11(5-7-17)8-14-12-2-3-12/h9-12,14H,2-8H2,1H3. The van der Waals surface area contributed by atoms with Gasteiger partial charge in [0.1, 0.15) is 0 Å². The second kappa shape index (κ2) is 5.46. The number of rotatable bonds is 5. The molecule has 1 N–H and O–H groups in total. The number of nitrogens with one attached hydrogen (secondary N) is 1. The number of aromatic nitrogens is 2. The largest absolute Gasteiger partial charge is 0.339 e. The molecule has 0 amide bonds. The van der Waals surface area contributed by atoms with Gasteiger partial charge in [0.2, 0.25) is 0 Å². The summed E-state index contributed by atoms with van der Waals surface area (Å²) in [5.74, 6) is 0.603. The molecule has 1 saturated carbocycles. The summed E-state index contributed by atoms with van der Waals surface area (Å²) in [6.45, 7) is 2.24. The van der Waals surface area contributed by atoms with Crippen LogP contribution < -0.4 is 5.32 Å². The van der Waals surface area contributed by atoms with Crippen molar-refractivity contribution in [1.29, 1.82) is 0 Å². The molecule has 2 fully saturated rings. The molecule has 20 heavy (non-hydrogen) atoms. The molecule has 1 aromatic rings. The van der Waals surface area contributed by atoms with Gasteiger partial charge in [0.25, 0.3) is 10.0 Å². The Morgan fingerprint density at radius 3 is 2.55 bits per heavy atom.